The molecule has 0 unspecified atom stereocenters. The summed E-state index contributed by atoms with van der Waals surface area (Å²) in [5, 5.41) is 35.3. The predicted molar refractivity (Wildman–Crippen MR) is 327 cm³/mol. The van der Waals surface area contributed by atoms with Crippen molar-refractivity contribution in [1.82, 2.24) is 31.5 Å². The van der Waals surface area contributed by atoms with Crippen LogP contribution in [0.3, 0.4) is 0 Å². The van der Waals surface area contributed by atoms with Crippen molar-refractivity contribution in [3.05, 3.63) is 158 Å². The monoisotopic (exact) mass is 1200 g/mol. The number of hydrogen-bond acceptors (Lipinski definition) is 15. The third-order valence-corrected chi connectivity index (χ3v) is 16.8. The molecule has 1 saturated heterocycles. The van der Waals surface area contributed by atoms with E-state index < -0.39 is 59.3 Å². The van der Waals surface area contributed by atoms with Crippen molar-refractivity contribution in [3.8, 4) is 39.7 Å². The number of aromatic carboxylic acids is 1. The van der Waals surface area contributed by atoms with Crippen molar-refractivity contribution in [2.75, 3.05) is 83.9 Å². The summed E-state index contributed by atoms with van der Waals surface area (Å²) in [6.45, 7) is 0.959. The maximum atomic E-state index is 14.5. The molecule has 5 aromatic carbocycles. The number of anilines is 2. The Kier molecular flexibility index (Phi) is 17.1. The number of phenols is 1. The summed E-state index contributed by atoms with van der Waals surface area (Å²) in [5.41, 5.74) is 3.02. The van der Waals surface area contributed by atoms with Crippen molar-refractivity contribution in [3.63, 3.8) is 0 Å². The van der Waals surface area contributed by atoms with Crippen molar-refractivity contribution >= 4 is 63.9 Å². The normalized spacial score (nSPS) is 15.6. The lowest BCUT2D eigenvalue weighted by Crippen LogP contribution is -2.57. The smallest absolute Gasteiger partial charge is 0.340 e. The van der Waals surface area contributed by atoms with Gasteiger partial charge in [-0.2, -0.15) is 0 Å². The van der Waals surface area contributed by atoms with Gasteiger partial charge >= 0.3 is 18.0 Å². The van der Waals surface area contributed by atoms with Crippen LogP contribution in [0.15, 0.2) is 118 Å². The molecule has 11 rings (SSSR count). The SMILES string of the molecule is CN(C)c1ccc2c(c1)Oc1cc(N(C)C)ccc1C21OC(=O)c2cc(C(=O)NCC[C@H](NC(=O)[C@H](CC3CCCCC3)NC(=O)N3CCOCC3)C(=O)NCCNC(=O)c3ccc(-c4c5ccc(=O)cc-5oc5cc(O)ccc45)c(C(=O)O)c3)ccc21. The largest absolute Gasteiger partial charge is 0.508 e. The van der Waals surface area contributed by atoms with Gasteiger partial charge in [0.15, 0.2) is 11.0 Å². The molecular weight excluding hydrogens is 1130 g/mol. The van der Waals surface area contributed by atoms with Crippen molar-refractivity contribution in [1.29, 1.82) is 0 Å². The fourth-order valence-electron chi connectivity index (χ4n) is 12.2. The molecule has 4 heterocycles. The fraction of sp³-hybridized carbons (Fsp3) is 0.333. The van der Waals surface area contributed by atoms with Crippen LogP contribution in [-0.2, 0) is 24.7 Å². The lowest BCUT2D eigenvalue weighted by molar-refractivity contribution is -0.130. The molecule has 2 atom stereocenters. The maximum Gasteiger partial charge on any atom is 0.340 e. The van der Waals surface area contributed by atoms with Crippen LogP contribution >= 0.6 is 0 Å². The summed E-state index contributed by atoms with van der Waals surface area (Å²) in [6.07, 6.45) is 5.01. The van der Waals surface area contributed by atoms with Crippen LogP contribution in [-0.4, -0.2) is 143 Å². The molecule has 88 heavy (non-hydrogen) atoms. The van der Waals surface area contributed by atoms with Gasteiger partial charge < -0.3 is 70.1 Å². The number of nitrogens with one attached hydrogen (secondary N) is 5. The highest BCUT2D eigenvalue weighted by Crippen LogP contribution is 2.57. The van der Waals surface area contributed by atoms with E-state index in [0.717, 1.165) is 43.5 Å². The van der Waals surface area contributed by atoms with Gasteiger partial charge in [-0.1, -0.05) is 44.2 Å². The Hall–Kier alpha value is -9.96. The van der Waals surface area contributed by atoms with E-state index >= 15 is 0 Å². The zero-order valence-corrected chi connectivity index (χ0v) is 49.2. The minimum Gasteiger partial charge on any atom is -0.508 e. The third kappa shape index (κ3) is 12.1. The number of hydrogen-bond donors (Lipinski definition) is 7. The third-order valence-electron chi connectivity index (χ3n) is 16.8. The van der Waals surface area contributed by atoms with Gasteiger partial charge in [-0.05, 0) is 97.1 Å². The number of fused-ring (bicyclic) bond motifs is 8. The Balaban J connectivity index is 0.807. The highest BCUT2D eigenvalue weighted by molar-refractivity contribution is 6.09. The Labute approximate surface area is 506 Å². The van der Waals surface area contributed by atoms with Crippen LogP contribution < -0.4 is 46.5 Å². The molecule has 22 heteroatoms. The van der Waals surface area contributed by atoms with Gasteiger partial charge in [0.25, 0.3) is 11.8 Å². The minimum atomic E-state index is -1.40. The number of urea groups is 1. The summed E-state index contributed by atoms with van der Waals surface area (Å²) >= 11 is 0. The number of carbonyl (C=O) groups excluding carboxylic acids is 6. The van der Waals surface area contributed by atoms with Gasteiger partial charge in [-0.25, -0.2) is 14.4 Å². The van der Waals surface area contributed by atoms with Gasteiger partial charge in [0.1, 0.15) is 40.7 Å². The molecule has 7 N–H and O–H groups in total. The van der Waals surface area contributed by atoms with Crippen LogP contribution in [0.4, 0.5) is 16.2 Å². The Bertz CT molecular complexity index is 3880. The van der Waals surface area contributed by atoms with Gasteiger partial charge in [-0.15, -0.1) is 0 Å². The van der Waals surface area contributed by atoms with Crippen LogP contribution in [0.2, 0.25) is 0 Å². The zero-order valence-electron chi connectivity index (χ0n) is 49.2. The molecule has 5 aromatic rings. The van der Waals surface area contributed by atoms with E-state index in [2.05, 4.69) is 26.6 Å². The van der Waals surface area contributed by atoms with Crippen LogP contribution in [0.5, 0.6) is 17.2 Å². The van der Waals surface area contributed by atoms with Gasteiger partial charge in [0.05, 0.1) is 24.3 Å². The minimum absolute atomic E-state index is 0.0124. The van der Waals surface area contributed by atoms with Crippen LogP contribution in [0.1, 0.15) is 103 Å². The first-order valence-corrected chi connectivity index (χ1v) is 29.4. The first-order chi connectivity index (χ1) is 42.4. The predicted octanol–water partition coefficient (Wildman–Crippen LogP) is 7.20. The Morgan fingerprint density at radius 1 is 0.648 bits per heavy atom. The number of carboxylic acids is 1. The van der Waals surface area contributed by atoms with E-state index in [1.165, 1.54) is 54.6 Å². The molecular formula is C66H68N8O14. The summed E-state index contributed by atoms with van der Waals surface area (Å²) in [7, 11) is 7.65. The average molecular weight is 1200 g/mol. The van der Waals surface area contributed by atoms with E-state index in [1.54, 1.807) is 23.1 Å². The standard InChI is InChI=1S/C66H68N8O14/c1-72(2)40-12-20-50-56(33-40)87-57-34-41(73(3)4)13-21-51(57)66(50)49-19-11-39(32-48(49)64(83)88-66)59(77)67-23-22-52(70-62(80)53(30-37-8-6-5-7-9-37)71-65(84)74-26-28-85-29-27-74)61(79)69-25-24-68-60(78)38-10-16-44(47(31-38)63(81)82)58-45-17-14-42(75)35-54(45)86-55-36-43(76)15-18-46(55)58/h10-21,31-37,52-53,75H,5-9,22-30H2,1-4H3,(H,67,77)(H,68,78)(H,69,79)(H,70,80)(H,71,84)(H,81,82)/t52-,53-/m0/s1. The lowest BCUT2D eigenvalue weighted by atomic mass is 9.77. The number of aromatic hydroxyl groups is 1. The maximum absolute atomic E-state index is 14.5. The molecule has 2 fully saturated rings. The Morgan fingerprint density at radius 3 is 1.97 bits per heavy atom. The molecule has 456 valence electrons. The molecule has 6 aliphatic rings. The molecule has 22 nitrogen and oxygen atoms in total. The number of amides is 6. The summed E-state index contributed by atoms with van der Waals surface area (Å²) in [6, 6.07) is 26.0. The number of esters is 1. The number of benzene rings is 6. The first kappa shape index (κ1) is 59.8. The van der Waals surface area contributed by atoms with Crippen LogP contribution in [0, 0.1) is 5.92 Å². The van der Waals surface area contributed by atoms with E-state index in [-0.39, 0.29) is 82.3 Å². The Morgan fingerprint density at radius 2 is 1.28 bits per heavy atom. The number of carbonyl (C=O) groups is 7. The number of ether oxygens (including phenoxy) is 3. The zero-order chi connectivity index (χ0) is 62.0. The average Bonchev–Trinajstić information content (AvgIpc) is 1.45. The second-order valence-corrected chi connectivity index (χ2v) is 23.0. The van der Waals surface area contributed by atoms with Crippen molar-refractivity contribution < 1.29 is 62.4 Å². The second-order valence-electron chi connectivity index (χ2n) is 23.0. The number of nitrogens with zero attached hydrogens (tertiary/aromatic N) is 3. The highest BCUT2D eigenvalue weighted by Gasteiger charge is 2.54. The summed E-state index contributed by atoms with van der Waals surface area (Å²) < 4.78 is 24.3. The number of morpholine rings is 1. The van der Waals surface area contributed by atoms with Crippen molar-refractivity contribution in [2.45, 2.75) is 62.6 Å². The molecule has 0 radical (unpaired) electrons. The fourth-order valence-corrected chi connectivity index (χ4v) is 12.2. The number of rotatable bonds is 18. The molecule has 1 saturated carbocycles. The molecule has 0 aromatic heterocycles. The quantitative estimate of drug-likeness (QED) is 0.0254. The van der Waals surface area contributed by atoms with E-state index in [4.69, 9.17) is 18.6 Å². The second kappa shape index (κ2) is 25.2. The van der Waals surface area contributed by atoms with E-state index in [0.29, 0.717) is 77.4 Å². The summed E-state index contributed by atoms with van der Waals surface area (Å²) in [4.78, 5) is 115. The molecule has 1 spiro atoms. The number of phenolic OH excluding ortho intramolecular Hbond substituents is 1. The van der Waals surface area contributed by atoms with Gasteiger partial charge in [0, 0.05) is 141 Å². The highest BCUT2D eigenvalue weighted by atomic mass is 16.6. The molecule has 4 aliphatic heterocycles. The molecule has 2 aliphatic carbocycles. The lowest BCUT2D eigenvalue weighted by Gasteiger charge is -2.37. The van der Waals surface area contributed by atoms with Gasteiger partial charge in [-0.3, -0.25) is 24.0 Å². The van der Waals surface area contributed by atoms with Gasteiger partial charge in [0.2, 0.25) is 11.8 Å². The van der Waals surface area contributed by atoms with Crippen LogP contribution in [0.25, 0.3) is 33.4 Å². The van der Waals surface area contributed by atoms with E-state index in [9.17, 15) is 48.6 Å². The first-order valence-electron chi connectivity index (χ1n) is 29.4. The number of carboxylic acid groups (broad SMARTS) is 1. The topological polar surface area (TPSA) is 288 Å². The van der Waals surface area contributed by atoms with Crippen molar-refractivity contribution in [2.24, 2.45) is 5.92 Å². The molecule has 0 bridgehead atoms. The summed E-state index contributed by atoms with van der Waals surface area (Å²) in [5.74, 6) is -3.28. The molecule has 6 amide bonds. The van der Waals surface area contributed by atoms with E-state index in [1.807, 2.05) is 74.4 Å².